The van der Waals surface area contributed by atoms with Crippen LogP contribution in [0.25, 0.3) is 0 Å². The molecule has 1 saturated heterocycles. The van der Waals surface area contributed by atoms with Crippen molar-refractivity contribution in [2.45, 2.75) is 51.2 Å². The Kier molecular flexibility index (Phi) is 5.12. The summed E-state index contributed by atoms with van der Waals surface area (Å²) in [6.07, 6.45) is 4.31. The Bertz CT molecular complexity index is 444. The van der Waals surface area contributed by atoms with Gasteiger partial charge in [-0.15, -0.1) is 0 Å². The number of rotatable bonds is 3. The van der Waals surface area contributed by atoms with Gasteiger partial charge in [0.2, 0.25) is 0 Å². The molecule has 2 rings (SSSR count). The van der Waals surface area contributed by atoms with Crippen LogP contribution in [0.5, 0.6) is 0 Å². The van der Waals surface area contributed by atoms with Gasteiger partial charge in [-0.1, -0.05) is 12.8 Å². The number of aliphatic hydroxyl groups is 1. The van der Waals surface area contributed by atoms with E-state index in [1.54, 1.807) is 6.92 Å². The largest absolute Gasteiger partial charge is 0.393 e. The summed E-state index contributed by atoms with van der Waals surface area (Å²) >= 11 is 0. The van der Waals surface area contributed by atoms with E-state index in [2.05, 4.69) is 0 Å². The van der Waals surface area contributed by atoms with Crippen LogP contribution in [0.2, 0.25) is 0 Å². The number of aliphatic hydroxyl groups excluding tert-OH is 1. The van der Waals surface area contributed by atoms with Gasteiger partial charge < -0.3 is 10.0 Å². The highest BCUT2D eigenvalue weighted by Crippen LogP contribution is 2.22. The molecule has 0 spiro atoms. The Morgan fingerprint density at radius 2 is 2.05 bits per heavy atom. The number of halogens is 1. The number of hydrogen-bond acceptors (Lipinski definition) is 2. The first-order valence-electron chi connectivity index (χ1n) is 7.32. The van der Waals surface area contributed by atoms with E-state index in [9.17, 15) is 14.3 Å². The average molecular weight is 279 g/mol. The van der Waals surface area contributed by atoms with Gasteiger partial charge in [0, 0.05) is 18.2 Å². The molecule has 2 atom stereocenters. The quantitative estimate of drug-likeness (QED) is 0.924. The summed E-state index contributed by atoms with van der Waals surface area (Å²) in [5.41, 5.74) is 0.517. The number of amides is 1. The molecule has 2 unspecified atom stereocenters. The minimum Gasteiger partial charge on any atom is -0.393 e. The van der Waals surface area contributed by atoms with Crippen LogP contribution in [0, 0.1) is 5.82 Å². The molecule has 0 aliphatic carbocycles. The molecule has 0 radical (unpaired) electrons. The molecule has 3 nitrogen and oxygen atoms in total. The lowest BCUT2D eigenvalue weighted by Crippen LogP contribution is -2.41. The number of nitrogens with zero attached hydrogens (tertiary/aromatic N) is 1. The smallest absolute Gasteiger partial charge is 0.254 e. The molecule has 1 N–H and O–H groups in total. The lowest BCUT2D eigenvalue weighted by molar-refractivity contribution is 0.0607. The van der Waals surface area contributed by atoms with Gasteiger partial charge in [-0.05, 0) is 50.5 Å². The van der Waals surface area contributed by atoms with Gasteiger partial charge in [0.15, 0.2) is 0 Å². The molecule has 1 fully saturated rings. The molecule has 1 aliphatic rings. The van der Waals surface area contributed by atoms with Crippen molar-refractivity contribution in [1.82, 2.24) is 4.90 Å². The molecular weight excluding hydrogens is 257 g/mol. The number of carbonyl (C=O) groups excluding carboxylic acids is 1. The van der Waals surface area contributed by atoms with Crippen molar-refractivity contribution in [3.8, 4) is 0 Å². The second kappa shape index (κ2) is 6.84. The lowest BCUT2D eigenvalue weighted by atomic mass is 10.0. The molecule has 20 heavy (non-hydrogen) atoms. The number of benzene rings is 1. The van der Waals surface area contributed by atoms with Crippen LogP contribution >= 0.6 is 0 Å². The SMILES string of the molecule is CC(O)CC1CCCCCN1C(=O)c1ccc(F)cc1. The van der Waals surface area contributed by atoms with Crippen LogP contribution in [-0.4, -0.2) is 34.6 Å². The van der Waals surface area contributed by atoms with E-state index in [0.29, 0.717) is 18.5 Å². The first-order chi connectivity index (χ1) is 9.58. The number of hydrogen-bond donors (Lipinski definition) is 1. The zero-order valence-electron chi connectivity index (χ0n) is 11.9. The standard InChI is InChI=1S/C16H22FNO2/c1-12(19)11-15-5-3-2-4-10-18(15)16(20)13-6-8-14(17)9-7-13/h6-9,12,15,19H,2-5,10-11H2,1H3. The maximum absolute atomic E-state index is 12.9. The first-order valence-corrected chi connectivity index (χ1v) is 7.32. The van der Waals surface area contributed by atoms with E-state index in [1.807, 2.05) is 4.90 Å². The second-order valence-corrected chi connectivity index (χ2v) is 5.59. The van der Waals surface area contributed by atoms with Gasteiger partial charge >= 0.3 is 0 Å². The van der Waals surface area contributed by atoms with Crippen LogP contribution in [0.4, 0.5) is 4.39 Å². The molecule has 4 heteroatoms. The predicted molar refractivity (Wildman–Crippen MR) is 76.0 cm³/mol. The summed E-state index contributed by atoms with van der Waals surface area (Å²) in [5, 5.41) is 9.62. The third-order valence-electron chi connectivity index (χ3n) is 3.84. The Morgan fingerprint density at radius 1 is 1.35 bits per heavy atom. The van der Waals surface area contributed by atoms with Crippen molar-refractivity contribution in [3.63, 3.8) is 0 Å². The first kappa shape index (κ1) is 15.0. The third-order valence-corrected chi connectivity index (χ3v) is 3.84. The Balaban J connectivity index is 2.16. The van der Waals surface area contributed by atoms with Crippen LogP contribution in [0.15, 0.2) is 24.3 Å². The molecule has 0 aromatic heterocycles. The van der Waals surface area contributed by atoms with Gasteiger partial charge in [-0.25, -0.2) is 4.39 Å². The minimum absolute atomic E-state index is 0.0578. The molecule has 1 aromatic carbocycles. The molecular formula is C16H22FNO2. The van der Waals surface area contributed by atoms with Gasteiger partial charge in [0.25, 0.3) is 5.91 Å². The monoisotopic (exact) mass is 279 g/mol. The minimum atomic E-state index is -0.415. The third kappa shape index (κ3) is 3.79. The summed E-state index contributed by atoms with van der Waals surface area (Å²) in [4.78, 5) is 14.4. The van der Waals surface area contributed by atoms with Crippen molar-refractivity contribution in [2.75, 3.05) is 6.54 Å². The van der Waals surface area contributed by atoms with Gasteiger partial charge in [-0.3, -0.25) is 4.79 Å². The van der Waals surface area contributed by atoms with Crippen molar-refractivity contribution >= 4 is 5.91 Å². The van der Waals surface area contributed by atoms with Crippen LogP contribution in [0.1, 0.15) is 49.4 Å². The van der Waals surface area contributed by atoms with E-state index in [-0.39, 0.29) is 17.8 Å². The van der Waals surface area contributed by atoms with E-state index in [0.717, 1.165) is 25.7 Å². The number of likely N-dealkylation sites (tertiary alicyclic amines) is 1. The average Bonchev–Trinajstić information content (AvgIpc) is 2.63. The molecule has 1 heterocycles. The predicted octanol–water partition coefficient (Wildman–Crippen LogP) is 2.98. The van der Waals surface area contributed by atoms with E-state index in [1.165, 1.54) is 24.3 Å². The molecule has 0 saturated carbocycles. The second-order valence-electron chi connectivity index (χ2n) is 5.59. The van der Waals surface area contributed by atoms with Crippen molar-refractivity contribution < 1.29 is 14.3 Å². The van der Waals surface area contributed by atoms with E-state index >= 15 is 0 Å². The fourth-order valence-corrected chi connectivity index (χ4v) is 2.84. The zero-order valence-corrected chi connectivity index (χ0v) is 11.9. The van der Waals surface area contributed by atoms with Crippen LogP contribution in [0.3, 0.4) is 0 Å². The fraction of sp³-hybridized carbons (Fsp3) is 0.562. The highest BCUT2D eigenvalue weighted by Gasteiger charge is 2.27. The van der Waals surface area contributed by atoms with Gasteiger partial charge in [0.05, 0.1) is 6.10 Å². The maximum Gasteiger partial charge on any atom is 0.254 e. The molecule has 1 aliphatic heterocycles. The van der Waals surface area contributed by atoms with Crippen LogP contribution < -0.4 is 0 Å². The Morgan fingerprint density at radius 3 is 2.70 bits per heavy atom. The summed E-state index contributed by atoms with van der Waals surface area (Å²) in [7, 11) is 0. The van der Waals surface area contributed by atoms with Gasteiger partial charge in [-0.2, -0.15) is 0 Å². The van der Waals surface area contributed by atoms with E-state index in [4.69, 9.17) is 0 Å². The highest BCUT2D eigenvalue weighted by atomic mass is 19.1. The van der Waals surface area contributed by atoms with Crippen molar-refractivity contribution in [2.24, 2.45) is 0 Å². The Hall–Kier alpha value is -1.42. The van der Waals surface area contributed by atoms with Crippen molar-refractivity contribution in [1.29, 1.82) is 0 Å². The normalized spacial score (nSPS) is 21.4. The van der Waals surface area contributed by atoms with Crippen molar-refractivity contribution in [3.05, 3.63) is 35.6 Å². The topological polar surface area (TPSA) is 40.5 Å². The fourth-order valence-electron chi connectivity index (χ4n) is 2.84. The number of carbonyl (C=O) groups is 1. The maximum atomic E-state index is 12.9. The lowest BCUT2D eigenvalue weighted by Gasteiger charge is -2.31. The zero-order chi connectivity index (χ0) is 14.5. The summed E-state index contributed by atoms with van der Waals surface area (Å²) < 4.78 is 12.9. The summed E-state index contributed by atoms with van der Waals surface area (Å²) in [6, 6.07) is 5.77. The molecule has 1 aromatic rings. The molecule has 110 valence electrons. The highest BCUT2D eigenvalue weighted by molar-refractivity contribution is 5.94. The van der Waals surface area contributed by atoms with Crippen LogP contribution in [-0.2, 0) is 0 Å². The van der Waals surface area contributed by atoms with E-state index < -0.39 is 6.10 Å². The van der Waals surface area contributed by atoms with Gasteiger partial charge in [0.1, 0.15) is 5.82 Å². The summed E-state index contributed by atoms with van der Waals surface area (Å²) in [6.45, 7) is 2.47. The Labute approximate surface area is 119 Å². The molecule has 0 bridgehead atoms. The molecule has 1 amide bonds. The summed E-state index contributed by atoms with van der Waals surface area (Å²) in [5.74, 6) is -0.393.